The summed E-state index contributed by atoms with van der Waals surface area (Å²) in [5.74, 6) is -0.338. The molecule has 0 amide bonds. The van der Waals surface area contributed by atoms with E-state index in [1.807, 2.05) is 21.1 Å². The number of unbranched alkanes of at least 4 members (excludes halogenated alkanes) is 13. The lowest BCUT2D eigenvalue weighted by Crippen LogP contribution is -2.37. The van der Waals surface area contributed by atoms with Crippen molar-refractivity contribution >= 4 is 13.8 Å². The summed E-state index contributed by atoms with van der Waals surface area (Å²) >= 11 is 0. The van der Waals surface area contributed by atoms with Crippen LogP contribution in [0.5, 0.6) is 0 Å². The van der Waals surface area contributed by atoms with E-state index in [0.29, 0.717) is 24.1 Å². The van der Waals surface area contributed by atoms with Gasteiger partial charge in [0.25, 0.3) is 0 Å². The number of quaternary nitrogens is 1. The van der Waals surface area contributed by atoms with Crippen LogP contribution in [-0.4, -0.2) is 75.6 Å². The molecule has 0 aromatic heterocycles. The number of nitrogens with zero attached hydrogens (tertiary/aromatic N) is 1. The summed E-state index contributed by atoms with van der Waals surface area (Å²) in [5, 5.41) is 0. The van der Waals surface area contributed by atoms with Crippen LogP contribution in [-0.2, 0) is 27.9 Å². The molecule has 1 N–H and O–H groups in total. The Labute approximate surface area is 338 Å². The number of phosphoric acid groups is 1. The van der Waals surface area contributed by atoms with E-state index in [-0.39, 0.29) is 25.8 Å². The fraction of sp³-hybridized carbons (Fsp3) is 0.717. The normalized spacial score (nSPS) is 14.5. The summed E-state index contributed by atoms with van der Waals surface area (Å²) in [7, 11) is 1.63. The number of carbonyl (C=O) groups is 1. The molecule has 0 aliphatic carbocycles. The topological polar surface area (TPSA) is 91.3 Å². The van der Waals surface area contributed by atoms with Gasteiger partial charge in [-0.05, 0) is 83.5 Å². The van der Waals surface area contributed by atoms with Crippen LogP contribution in [0.2, 0.25) is 0 Å². The lowest BCUT2D eigenvalue weighted by atomic mass is 10.1. The first-order valence-electron chi connectivity index (χ1n) is 21.7. The third kappa shape index (κ3) is 42.9. The van der Waals surface area contributed by atoms with Crippen molar-refractivity contribution in [2.24, 2.45) is 0 Å². The van der Waals surface area contributed by atoms with Crippen LogP contribution in [0.3, 0.4) is 0 Å². The number of hydrogen-bond donors (Lipinski definition) is 1. The quantitative estimate of drug-likeness (QED) is 0.0218. The molecule has 318 valence electrons. The van der Waals surface area contributed by atoms with Gasteiger partial charge < -0.3 is 18.9 Å². The van der Waals surface area contributed by atoms with Gasteiger partial charge in [0.05, 0.1) is 34.4 Å². The number of hydrogen-bond acceptors (Lipinski definition) is 6. The Morgan fingerprint density at radius 3 is 1.58 bits per heavy atom. The van der Waals surface area contributed by atoms with Crippen molar-refractivity contribution in [3.8, 4) is 0 Å². The first kappa shape index (κ1) is 52.9. The molecule has 0 bridgehead atoms. The van der Waals surface area contributed by atoms with Crippen molar-refractivity contribution in [2.45, 2.75) is 161 Å². The average molecular weight is 793 g/mol. The molecule has 55 heavy (non-hydrogen) atoms. The van der Waals surface area contributed by atoms with Crippen molar-refractivity contribution in [2.75, 3.05) is 54.1 Å². The zero-order valence-electron chi connectivity index (χ0n) is 35.9. The smallest absolute Gasteiger partial charge is 0.457 e. The van der Waals surface area contributed by atoms with E-state index < -0.39 is 13.9 Å². The maximum atomic E-state index is 12.7. The second kappa shape index (κ2) is 38.8. The summed E-state index contributed by atoms with van der Waals surface area (Å²) in [6, 6.07) is 0. The van der Waals surface area contributed by atoms with E-state index in [1.165, 1.54) is 38.5 Å². The van der Waals surface area contributed by atoms with Crippen LogP contribution >= 0.6 is 7.82 Å². The van der Waals surface area contributed by atoms with Crippen molar-refractivity contribution in [1.29, 1.82) is 0 Å². The molecule has 0 radical (unpaired) electrons. The third-order valence-electron chi connectivity index (χ3n) is 8.75. The van der Waals surface area contributed by atoms with Gasteiger partial charge in [0.1, 0.15) is 19.3 Å². The second-order valence-electron chi connectivity index (χ2n) is 15.3. The highest BCUT2D eigenvalue weighted by Crippen LogP contribution is 2.43. The van der Waals surface area contributed by atoms with Crippen molar-refractivity contribution < 1.29 is 37.3 Å². The van der Waals surface area contributed by atoms with Crippen LogP contribution in [0, 0.1) is 0 Å². The fourth-order valence-corrected chi connectivity index (χ4v) is 6.14. The van der Waals surface area contributed by atoms with Gasteiger partial charge in [-0.3, -0.25) is 13.8 Å². The molecule has 0 rings (SSSR count). The Balaban J connectivity index is 4.31. The number of rotatable bonds is 39. The van der Waals surface area contributed by atoms with E-state index in [2.05, 4.69) is 86.8 Å². The monoisotopic (exact) mass is 793 g/mol. The molecule has 0 saturated heterocycles. The Kier molecular flexibility index (Phi) is 37.3. The van der Waals surface area contributed by atoms with Crippen LogP contribution in [0.4, 0.5) is 0 Å². The molecule has 2 atom stereocenters. The molecule has 2 unspecified atom stereocenters. The average Bonchev–Trinajstić information content (AvgIpc) is 3.13. The molecular weight excluding hydrogens is 709 g/mol. The number of ether oxygens (including phenoxy) is 2. The zero-order chi connectivity index (χ0) is 40.6. The van der Waals surface area contributed by atoms with Crippen LogP contribution < -0.4 is 0 Å². The summed E-state index contributed by atoms with van der Waals surface area (Å²) < 4.78 is 34.9. The van der Waals surface area contributed by atoms with Gasteiger partial charge >= 0.3 is 13.8 Å². The minimum atomic E-state index is -4.29. The second-order valence-corrected chi connectivity index (χ2v) is 16.8. The molecule has 9 heteroatoms. The third-order valence-corrected chi connectivity index (χ3v) is 9.74. The number of phosphoric ester groups is 1. The summed E-state index contributed by atoms with van der Waals surface area (Å²) in [6.07, 6.45) is 49.3. The number of allylic oxidation sites excluding steroid dienone is 12. The van der Waals surface area contributed by atoms with Crippen LogP contribution in [0.15, 0.2) is 72.9 Å². The SMILES string of the molecule is CC/C=C\C/C=C\C/C=C\CCCCCCOCC(COP(=O)(O)OCC[N+](C)(C)C)OC(=O)CCCCCCCC/C=C\C/C=C\C/C=C\CCCCC. The van der Waals surface area contributed by atoms with E-state index >= 15 is 0 Å². The maximum Gasteiger partial charge on any atom is 0.472 e. The molecule has 0 saturated carbocycles. The Morgan fingerprint density at radius 1 is 0.582 bits per heavy atom. The van der Waals surface area contributed by atoms with E-state index in [4.69, 9.17) is 18.5 Å². The van der Waals surface area contributed by atoms with Gasteiger partial charge in [0, 0.05) is 13.0 Å². The summed E-state index contributed by atoms with van der Waals surface area (Å²) in [4.78, 5) is 22.9. The zero-order valence-corrected chi connectivity index (χ0v) is 36.8. The molecular formula is C46H83NO7P+. The molecule has 0 heterocycles. The molecule has 0 aliphatic rings. The van der Waals surface area contributed by atoms with Gasteiger partial charge in [0.2, 0.25) is 0 Å². The molecule has 0 aromatic carbocycles. The van der Waals surface area contributed by atoms with Crippen molar-refractivity contribution in [3.05, 3.63) is 72.9 Å². The van der Waals surface area contributed by atoms with E-state index in [1.54, 1.807) is 0 Å². The molecule has 8 nitrogen and oxygen atoms in total. The van der Waals surface area contributed by atoms with Gasteiger partial charge in [-0.15, -0.1) is 0 Å². The predicted molar refractivity (Wildman–Crippen MR) is 233 cm³/mol. The molecule has 0 aliphatic heterocycles. The Morgan fingerprint density at radius 2 is 1.05 bits per heavy atom. The summed E-state index contributed by atoms with van der Waals surface area (Å²) in [5.41, 5.74) is 0. The first-order chi connectivity index (χ1) is 26.6. The lowest BCUT2D eigenvalue weighted by Gasteiger charge is -2.24. The standard InChI is InChI=1S/C46H82NO7P/c1-6-8-10-12-14-16-18-20-22-23-24-25-26-27-29-31-33-35-37-39-46(48)54-45(44-53-55(49,50)52-42-40-47(3,4)5)43-51-41-38-36-34-32-30-28-21-19-17-15-13-11-9-7-2/h9,11,14-17,20-22,24-25,28,45H,6-8,10,12-13,18-19,23,26-27,29-44H2,1-5H3/p+1/b11-9-,16-14-,17-15-,22-20-,25-24-,28-21-. The minimum Gasteiger partial charge on any atom is -0.457 e. The fourth-order valence-electron chi connectivity index (χ4n) is 5.40. The number of carbonyl (C=O) groups excluding carboxylic acids is 1. The van der Waals surface area contributed by atoms with Gasteiger partial charge in [0.15, 0.2) is 0 Å². The first-order valence-corrected chi connectivity index (χ1v) is 23.2. The van der Waals surface area contributed by atoms with Crippen molar-refractivity contribution in [3.63, 3.8) is 0 Å². The van der Waals surface area contributed by atoms with E-state index in [9.17, 15) is 14.3 Å². The highest BCUT2D eigenvalue weighted by molar-refractivity contribution is 7.47. The number of likely N-dealkylation sites (N-methyl/N-ethyl adjacent to an activating group) is 1. The maximum absolute atomic E-state index is 12.7. The Hall–Kier alpha value is -2.06. The largest absolute Gasteiger partial charge is 0.472 e. The van der Waals surface area contributed by atoms with Gasteiger partial charge in [-0.2, -0.15) is 0 Å². The van der Waals surface area contributed by atoms with Gasteiger partial charge in [-0.1, -0.05) is 138 Å². The number of esters is 1. The predicted octanol–water partition coefficient (Wildman–Crippen LogP) is 12.7. The highest BCUT2D eigenvalue weighted by Gasteiger charge is 2.26. The lowest BCUT2D eigenvalue weighted by molar-refractivity contribution is -0.870. The molecule has 0 fully saturated rings. The van der Waals surface area contributed by atoms with Gasteiger partial charge in [-0.25, -0.2) is 4.57 Å². The molecule has 0 spiro atoms. The van der Waals surface area contributed by atoms with Crippen LogP contribution in [0.1, 0.15) is 155 Å². The Bertz CT molecular complexity index is 1110. The molecule has 0 aromatic rings. The van der Waals surface area contributed by atoms with Crippen LogP contribution in [0.25, 0.3) is 0 Å². The van der Waals surface area contributed by atoms with E-state index in [0.717, 1.165) is 96.3 Å². The highest BCUT2D eigenvalue weighted by atomic mass is 31.2. The minimum absolute atomic E-state index is 0.0773. The van der Waals surface area contributed by atoms with Crippen molar-refractivity contribution in [1.82, 2.24) is 0 Å². The summed E-state index contributed by atoms with van der Waals surface area (Å²) in [6.45, 7) is 5.39.